The van der Waals surface area contributed by atoms with Gasteiger partial charge in [0.1, 0.15) is 12.0 Å². The lowest BCUT2D eigenvalue weighted by molar-refractivity contribution is -0.123. The van der Waals surface area contributed by atoms with Crippen molar-refractivity contribution in [1.82, 2.24) is 24.8 Å². The van der Waals surface area contributed by atoms with Gasteiger partial charge in [-0.05, 0) is 25.7 Å². The van der Waals surface area contributed by atoms with Crippen LogP contribution in [0.2, 0.25) is 0 Å². The van der Waals surface area contributed by atoms with Gasteiger partial charge in [0.15, 0.2) is 17.0 Å². The molecule has 2 saturated heterocycles. The summed E-state index contributed by atoms with van der Waals surface area (Å²) < 4.78 is 22.9. The highest BCUT2D eigenvalue weighted by Gasteiger charge is 2.37. The molecule has 1 unspecified atom stereocenters. The molecular formula is C20H27FN6O2. The first kappa shape index (κ1) is 18.7. The van der Waals surface area contributed by atoms with Crippen LogP contribution in [-0.4, -0.2) is 63.4 Å². The van der Waals surface area contributed by atoms with E-state index in [1.54, 1.807) is 12.7 Å². The van der Waals surface area contributed by atoms with Crippen molar-refractivity contribution in [3.63, 3.8) is 0 Å². The molecule has 0 bridgehead atoms. The quantitative estimate of drug-likeness (QED) is 0.794. The Morgan fingerprint density at radius 2 is 2.07 bits per heavy atom. The van der Waals surface area contributed by atoms with Crippen LogP contribution in [0, 0.1) is 5.92 Å². The second-order valence-electron chi connectivity index (χ2n) is 8.53. The van der Waals surface area contributed by atoms with Gasteiger partial charge >= 0.3 is 0 Å². The van der Waals surface area contributed by atoms with Crippen LogP contribution >= 0.6 is 0 Å². The Morgan fingerprint density at radius 1 is 1.24 bits per heavy atom. The molecule has 1 N–H and O–H groups in total. The number of aromatic nitrogens is 4. The molecule has 1 aliphatic carbocycles. The SMILES string of the molecule is O=C(NCC1(F)CCN(c2ncnc3c2ncn3CC2CCCO2)CC1)C1CC1. The molecule has 29 heavy (non-hydrogen) atoms. The maximum absolute atomic E-state index is 15.1. The van der Waals surface area contributed by atoms with Crippen LogP contribution in [-0.2, 0) is 16.1 Å². The molecule has 1 saturated carbocycles. The summed E-state index contributed by atoms with van der Waals surface area (Å²) in [6.45, 7) is 2.74. The minimum absolute atomic E-state index is 0.00116. The van der Waals surface area contributed by atoms with E-state index in [0.717, 1.165) is 55.8 Å². The molecule has 3 fully saturated rings. The zero-order valence-electron chi connectivity index (χ0n) is 16.5. The van der Waals surface area contributed by atoms with Crippen molar-refractivity contribution in [2.24, 2.45) is 5.92 Å². The number of anilines is 1. The lowest BCUT2D eigenvalue weighted by atomic mass is 9.93. The summed E-state index contributed by atoms with van der Waals surface area (Å²) in [6.07, 6.45) is 8.29. The molecule has 3 aliphatic rings. The average Bonchev–Trinajstić information content (AvgIpc) is 3.32. The summed E-state index contributed by atoms with van der Waals surface area (Å²) in [7, 11) is 0. The molecular weight excluding hydrogens is 375 g/mol. The number of ether oxygens (including phenoxy) is 1. The van der Waals surface area contributed by atoms with Crippen LogP contribution in [0.15, 0.2) is 12.7 Å². The summed E-state index contributed by atoms with van der Waals surface area (Å²) in [5, 5.41) is 2.79. The van der Waals surface area contributed by atoms with E-state index in [4.69, 9.17) is 4.74 Å². The van der Waals surface area contributed by atoms with Crippen molar-refractivity contribution < 1.29 is 13.9 Å². The van der Waals surface area contributed by atoms with E-state index in [1.807, 2.05) is 4.57 Å². The Morgan fingerprint density at radius 3 is 2.79 bits per heavy atom. The van der Waals surface area contributed by atoms with Gasteiger partial charge in [0.25, 0.3) is 0 Å². The zero-order chi connectivity index (χ0) is 19.8. The maximum Gasteiger partial charge on any atom is 0.223 e. The molecule has 1 atom stereocenters. The fourth-order valence-corrected chi connectivity index (χ4v) is 4.27. The molecule has 8 nitrogen and oxygen atoms in total. The molecule has 1 amide bonds. The molecule has 4 heterocycles. The summed E-state index contributed by atoms with van der Waals surface area (Å²) in [4.78, 5) is 27.3. The smallest absolute Gasteiger partial charge is 0.223 e. The molecule has 9 heteroatoms. The zero-order valence-corrected chi connectivity index (χ0v) is 16.5. The van der Waals surface area contributed by atoms with Gasteiger partial charge in [-0.25, -0.2) is 19.3 Å². The number of hydrogen-bond acceptors (Lipinski definition) is 6. The van der Waals surface area contributed by atoms with Gasteiger partial charge in [-0.2, -0.15) is 0 Å². The summed E-state index contributed by atoms with van der Waals surface area (Å²) in [6, 6.07) is 0. The van der Waals surface area contributed by atoms with Gasteiger partial charge in [-0.15, -0.1) is 0 Å². The lowest BCUT2D eigenvalue weighted by Gasteiger charge is -2.37. The van der Waals surface area contributed by atoms with Crippen molar-refractivity contribution in [2.75, 3.05) is 31.1 Å². The fourth-order valence-electron chi connectivity index (χ4n) is 4.27. The summed E-state index contributed by atoms with van der Waals surface area (Å²) in [5.41, 5.74) is 0.185. The molecule has 5 rings (SSSR count). The van der Waals surface area contributed by atoms with E-state index >= 15 is 4.39 Å². The monoisotopic (exact) mass is 402 g/mol. The number of piperidine rings is 1. The molecule has 2 aromatic heterocycles. The van der Waals surface area contributed by atoms with E-state index in [2.05, 4.69) is 25.2 Å². The highest BCUT2D eigenvalue weighted by Crippen LogP contribution is 2.32. The van der Waals surface area contributed by atoms with Gasteiger partial charge in [-0.1, -0.05) is 0 Å². The van der Waals surface area contributed by atoms with Gasteiger partial charge in [0, 0.05) is 38.5 Å². The van der Waals surface area contributed by atoms with E-state index in [9.17, 15) is 4.79 Å². The average molecular weight is 402 g/mol. The molecule has 0 spiro atoms. The van der Waals surface area contributed by atoms with Gasteiger partial charge < -0.3 is 19.5 Å². The highest BCUT2D eigenvalue weighted by atomic mass is 19.1. The van der Waals surface area contributed by atoms with E-state index in [1.165, 1.54) is 0 Å². The number of nitrogens with zero attached hydrogens (tertiary/aromatic N) is 5. The van der Waals surface area contributed by atoms with E-state index in [-0.39, 0.29) is 24.5 Å². The van der Waals surface area contributed by atoms with Crippen LogP contribution < -0.4 is 10.2 Å². The first-order valence-corrected chi connectivity index (χ1v) is 10.6. The number of fused-ring (bicyclic) bond motifs is 1. The predicted molar refractivity (Wildman–Crippen MR) is 105 cm³/mol. The van der Waals surface area contributed by atoms with Gasteiger partial charge in [-0.3, -0.25) is 4.79 Å². The van der Waals surface area contributed by atoms with Crippen LogP contribution in [0.25, 0.3) is 11.2 Å². The molecule has 0 aromatic carbocycles. The number of carbonyl (C=O) groups is 1. The number of rotatable bonds is 6. The van der Waals surface area contributed by atoms with Gasteiger partial charge in [0.2, 0.25) is 5.91 Å². The van der Waals surface area contributed by atoms with Crippen LogP contribution in [0.1, 0.15) is 38.5 Å². The number of imidazole rings is 1. The van der Waals surface area contributed by atoms with Crippen molar-refractivity contribution in [2.45, 2.75) is 56.8 Å². The standard InChI is InChI=1S/C20H27FN6O2/c21-20(11-22-19(28)14-3-4-14)5-7-26(8-6-20)17-16-18(24-12-23-17)27(13-25-16)10-15-2-1-9-29-15/h12-15H,1-11H2,(H,22,28). The minimum atomic E-state index is -1.35. The second kappa shape index (κ2) is 7.51. The minimum Gasteiger partial charge on any atom is -0.376 e. The topological polar surface area (TPSA) is 85.2 Å². The maximum atomic E-state index is 15.1. The third kappa shape index (κ3) is 3.92. The number of carbonyl (C=O) groups excluding carboxylic acids is 1. The third-order valence-electron chi connectivity index (χ3n) is 6.29. The number of alkyl halides is 1. The van der Waals surface area contributed by atoms with Gasteiger partial charge in [0.05, 0.1) is 25.5 Å². The second-order valence-corrected chi connectivity index (χ2v) is 8.53. The van der Waals surface area contributed by atoms with E-state index < -0.39 is 5.67 Å². The molecule has 2 aromatic rings. The number of halogens is 1. The summed E-state index contributed by atoms with van der Waals surface area (Å²) >= 11 is 0. The Kier molecular flexibility index (Phi) is 4.85. The Bertz CT molecular complexity index is 884. The number of amides is 1. The van der Waals surface area contributed by atoms with Crippen molar-refractivity contribution in [3.8, 4) is 0 Å². The third-order valence-corrected chi connectivity index (χ3v) is 6.29. The Hall–Kier alpha value is -2.29. The fraction of sp³-hybridized carbons (Fsp3) is 0.700. The van der Waals surface area contributed by atoms with E-state index in [0.29, 0.717) is 25.9 Å². The Balaban J connectivity index is 1.25. The Labute approximate surface area is 168 Å². The van der Waals surface area contributed by atoms with Crippen LogP contribution in [0.5, 0.6) is 0 Å². The molecule has 156 valence electrons. The molecule has 2 aliphatic heterocycles. The van der Waals surface area contributed by atoms with Crippen LogP contribution in [0.3, 0.4) is 0 Å². The molecule has 0 radical (unpaired) electrons. The first-order valence-electron chi connectivity index (χ1n) is 10.6. The summed E-state index contributed by atoms with van der Waals surface area (Å²) in [5.74, 6) is 0.863. The number of nitrogens with one attached hydrogen (secondary N) is 1. The predicted octanol–water partition coefficient (Wildman–Crippen LogP) is 1.84. The normalized spacial score (nSPS) is 24.2. The van der Waals surface area contributed by atoms with Crippen LogP contribution in [0.4, 0.5) is 10.2 Å². The highest BCUT2D eigenvalue weighted by molar-refractivity contribution is 5.83. The lowest BCUT2D eigenvalue weighted by Crippen LogP contribution is -2.48. The largest absolute Gasteiger partial charge is 0.376 e. The van der Waals surface area contributed by atoms with Crippen molar-refractivity contribution in [1.29, 1.82) is 0 Å². The number of hydrogen-bond donors (Lipinski definition) is 1. The first-order chi connectivity index (χ1) is 14.1. The van der Waals surface area contributed by atoms with Crippen molar-refractivity contribution in [3.05, 3.63) is 12.7 Å². The van der Waals surface area contributed by atoms with Crippen molar-refractivity contribution >= 4 is 22.9 Å².